The Morgan fingerprint density at radius 1 is 1.09 bits per heavy atom. The monoisotopic (exact) mass is 395 g/mol. The van der Waals surface area contributed by atoms with Crippen molar-refractivity contribution in [1.29, 1.82) is 0 Å². The van der Waals surface area contributed by atoms with Crippen molar-refractivity contribution in [3.63, 3.8) is 0 Å². The fourth-order valence-electron chi connectivity index (χ4n) is 2.27. The van der Waals surface area contributed by atoms with E-state index in [4.69, 9.17) is 0 Å². The number of nitrogens with zero attached hydrogens (tertiary/aromatic N) is 1. The van der Waals surface area contributed by atoms with Crippen LogP contribution in [0.25, 0.3) is 0 Å². The molecule has 6 heteroatoms. The van der Waals surface area contributed by atoms with Crippen LogP contribution < -0.4 is 0 Å². The summed E-state index contributed by atoms with van der Waals surface area (Å²) in [5.74, 6) is -0.176. The van der Waals surface area contributed by atoms with Gasteiger partial charge in [-0.15, -0.1) is 0 Å². The van der Waals surface area contributed by atoms with E-state index in [0.717, 1.165) is 5.56 Å². The van der Waals surface area contributed by atoms with Crippen molar-refractivity contribution < 1.29 is 13.2 Å². The van der Waals surface area contributed by atoms with Gasteiger partial charge in [-0.25, -0.2) is 0 Å². The smallest absolute Gasteiger partial charge is 0.282 e. The highest BCUT2D eigenvalue weighted by Crippen LogP contribution is 2.30. The summed E-state index contributed by atoms with van der Waals surface area (Å²) in [4.78, 5) is 12.2. The van der Waals surface area contributed by atoms with Gasteiger partial charge in [0.2, 0.25) is 0 Å². The number of aryl methyl sites for hydroxylation is 1. The summed E-state index contributed by atoms with van der Waals surface area (Å²) in [6.07, 6.45) is 1.54. The first-order valence-corrected chi connectivity index (χ1v) is 9.41. The molecule has 23 heavy (non-hydrogen) atoms. The number of Topliss-reactive ketones (excluding diaryl/α,β-unsaturated/α-hetero) is 1. The van der Waals surface area contributed by atoms with E-state index in [0.29, 0.717) is 21.3 Å². The van der Waals surface area contributed by atoms with Crippen molar-refractivity contribution in [3.8, 4) is 0 Å². The van der Waals surface area contributed by atoms with Crippen LogP contribution >= 0.6 is 15.9 Å². The summed E-state index contributed by atoms with van der Waals surface area (Å²) in [7, 11) is -3.83. The third kappa shape index (κ3) is 3.70. The van der Waals surface area contributed by atoms with Gasteiger partial charge in [-0.2, -0.15) is 12.8 Å². The van der Waals surface area contributed by atoms with Gasteiger partial charge < -0.3 is 0 Å². The first-order valence-electron chi connectivity index (χ1n) is 7.18. The quantitative estimate of drug-likeness (QED) is 0.727. The summed E-state index contributed by atoms with van der Waals surface area (Å²) in [5.41, 5.74) is 2.35. The lowest BCUT2D eigenvalue weighted by atomic mass is 9.90. The van der Waals surface area contributed by atoms with E-state index in [1.807, 2.05) is 20.8 Å². The second kappa shape index (κ2) is 6.53. The molecule has 0 heterocycles. The molecular formula is C17H18BrNO3S. The number of rotatable bonds is 3. The standard InChI is InChI=1S/C17H18BrNO3S/c1-10(2)15-14(9-12(4)17(20)16(15)18)19-23(21,22)13-7-5-11(3)6-8-13/h5-10H,1-4H3. The molecule has 0 saturated heterocycles. The number of carbonyl (C=O) groups is 1. The largest absolute Gasteiger partial charge is 0.288 e. The van der Waals surface area contributed by atoms with Crippen molar-refractivity contribution in [2.75, 3.05) is 0 Å². The van der Waals surface area contributed by atoms with Crippen LogP contribution in [-0.4, -0.2) is 19.9 Å². The molecule has 0 N–H and O–H groups in total. The minimum Gasteiger partial charge on any atom is -0.288 e. The second-order valence-electron chi connectivity index (χ2n) is 5.80. The van der Waals surface area contributed by atoms with E-state index in [-0.39, 0.29) is 16.6 Å². The molecule has 0 saturated carbocycles. The van der Waals surface area contributed by atoms with E-state index >= 15 is 0 Å². The van der Waals surface area contributed by atoms with Crippen LogP contribution in [0.2, 0.25) is 0 Å². The minimum absolute atomic E-state index is 0.0374. The highest BCUT2D eigenvalue weighted by Gasteiger charge is 2.27. The Morgan fingerprint density at radius 3 is 2.17 bits per heavy atom. The molecule has 0 spiro atoms. The molecule has 0 atom stereocenters. The SMILES string of the molecule is CC1=CC(=NS(=O)(=O)c2ccc(C)cc2)C(C(C)C)=C(Br)C1=O. The van der Waals surface area contributed by atoms with Crippen LogP contribution in [0.1, 0.15) is 26.3 Å². The molecule has 2 rings (SSSR count). The lowest BCUT2D eigenvalue weighted by molar-refractivity contribution is -0.111. The molecule has 0 aliphatic heterocycles. The Labute approximate surface area is 145 Å². The number of carbonyl (C=O) groups excluding carboxylic acids is 1. The summed E-state index contributed by atoms with van der Waals surface area (Å²) in [6.45, 7) is 7.32. The van der Waals surface area contributed by atoms with Gasteiger partial charge in [-0.1, -0.05) is 31.5 Å². The Kier molecular flexibility index (Phi) is 5.06. The van der Waals surface area contributed by atoms with E-state index < -0.39 is 10.0 Å². The maximum absolute atomic E-state index is 12.5. The maximum Gasteiger partial charge on any atom is 0.282 e. The third-order valence-corrected chi connectivity index (χ3v) is 5.63. The van der Waals surface area contributed by atoms with Gasteiger partial charge in [0.25, 0.3) is 10.0 Å². The number of hydrogen-bond donors (Lipinski definition) is 0. The molecule has 0 amide bonds. The van der Waals surface area contributed by atoms with E-state index in [1.165, 1.54) is 18.2 Å². The Bertz CT molecular complexity index is 844. The summed E-state index contributed by atoms with van der Waals surface area (Å²) in [6, 6.07) is 6.53. The van der Waals surface area contributed by atoms with Crippen LogP contribution in [0.3, 0.4) is 0 Å². The summed E-state index contributed by atoms with van der Waals surface area (Å²) >= 11 is 3.29. The van der Waals surface area contributed by atoms with Crippen LogP contribution in [-0.2, 0) is 14.8 Å². The number of sulfonamides is 1. The fourth-order valence-corrected chi connectivity index (χ4v) is 4.24. The van der Waals surface area contributed by atoms with Crippen molar-refractivity contribution >= 4 is 37.4 Å². The van der Waals surface area contributed by atoms with Crippen molar-refractivity contribution in [2.45, 2.75) is 32.6 Å². The maximum atomic E-state index is 12.5. The number of ketones is 1. The van der Waals surface area contributed by atoms with Crippen LogP contribution in [0.4, 0.5) is 0 Å². The van der Waals surface area contributed by atoms with E-state index in [1.54, 1.807) is 19.1 Å². The van der Waals surface area contributed by atoms with Gasteiger partial charge in [0.05, 0.1) is 15.1 Å². The molecule has 0 aromatic heterocycles. The Morgan fingerprint density at radius 2 is 1.65 bits per heavy atom. The molecule has 1 aliphatic carbocycles. The summed E-state index contributed by atoms with van der Waals surface area (Å²) in [5, 5.41) is 0. The fraction of sp³-hybridized carbons (Fsp3) is 0.294. The first kappa shape index (κ1) is 17.8. The highest BCUT2D eigenvalue weighted by molar-refractivity contribution is 9.12. The summed E-state index contributed by atoms with van der Waals surface area (Å²) < 4.78 is 29.4. The van der Waals surface area contributed by atoms with Crippen LogP contribution in [0.15, 0.2) is 55.3 Å². The van der Waals surface area contributed by atoms with E-state index in [2.05, 4.69) is 20.3 Å². The minimum atomic E-state index is -3.83. The molecule has 0 radical (unpaired) electrons. The van der Waals surface area contributed by atoms with Crippen LogP contribution in [0, 0.1) is 12.8 Å². The van der Waals surface area contributed by atoms with Gasteiger partial charge in [0.15, 0.2) is 5.78 Å². The predicted octanol–water partition coefficient (Wildman–Crippen LogP) is 3.96. The van der Waals surface area contributed by atoms with Crippen molar-refractivity contribution in [3.05, 3.63) is 51.5 Å². The highest BCUT2D eigenvalue weighted by atomic mass is 79.9. The number of hydrogen-bond acceptors (Lipinski definition) is 3. The second-order valence-corrected chi connectivity index (χ2v) is 8.20. The molecule has 4 nitrogen and oxygen atoms in total. The van der Waals surface area contributed by atoms with E-state index in [9.17, 15) is 13.2 Å². The molecule has 1 aromatic rings. The number of halogens is 1. The molecule has 1 aliphatic rings. The molecule has 122 valence electrons. The number of allylic oxidation sites excluding steroid dienone is 4. The lowest BCUT2D eigenvalue weighted by Gasteiger charge is -2.19. The molecule has 0 unspecified atom stereocenters. The predicted molar refractivity (Wildman–Crippen MR) is 95.4 cm³/mol. The Hall–Kier alpha value is -1.53. The van der Waals surface area contributed by atoms with Gasteiger partial charge in [-0.3, -0.25) is 4.79 Å². The van der Waals surface area contributed by atoms with Crippen molar-refractivity contribution in [1.82, 2.24) is 0 Å². The first-order chi connectivity index (χ1) is 10.6. The zero-order valence-electron chi connectivity index (χ0n) is 13.4. The topological polar surface area (TPSA) is 63.6 Å². The average Bonchev–Trinajstić information content (AvgIpc) is 2.44. The molecular weight excluding hydrogens is 378 g/mol. The molecule has 0 bridgehead atoms. The van der Waals surface area contributed by atoms with Crippen LogP contribution in [0.5, 0.6) is 0 Å². The number of benzene rings is 1. The van der Waals surface area contributed by atoms with Gasteiger partial charge >= 0.3 is 0 Å². The zero-order valence-corrected chi connectivity index (χ0v) is 15.8. The normalized spacial score (nSPS) is 17.9. The van der Waals surface area contributed by atoms with Gasteiger partial charge in [0.1, 0.15) is 0 Å². The lowest BCUT2D eigenvalue weighted by Crippen LogP contribution is -2.20. The zero-order chi connectivity index (χ0) is 17.4. The van der Waals surface area contributed by atoms with Crippen molar-refractivity contribution in [2.24, 2.45) is 10.3 Å². The average molecular weight is 396 g/mol. The molecule has 0 fully saturated rings. The third-order valence-electron chi connectivity index (χ3n) is 3.54. The van der Waals surface area contributed by atoms with Gasteiger partial charge in [0, 0.05) is 0 Å². The Balaban J connectivity index is 2.60. The van der Waals surface area contributed by atoms with Gasteiger partial charge in [-0.05, 0) is 65.1 Å². The molecule has 1 aromatic carbocycles.